The van der Waals surface area contributed by atoms with E-state index in [0.29, 0.717) is 0 Å². The van der Waals surface area contributed by atoms with E-state index < -0.39 is 0 Å². The molecule has 0 unspecified atom stereocenters. The van der Waals surface area contributed by atoms with Crippen LogP contribution in [0.15, 0.2) is 54.6 Å². The molecule has 0 radical (unpaired) electrons. The van der Waals surface area contributed by atoms with Crippen LogP contribution in [0.3, 0.4) is 0 Å². The van der Waals surface area contributed by atoms with Gasteiger partial charge in [-0.2, -0.15) is 0 Å². The number of imidazole rings is 1. The van der Waals surface area contributed by atoms with Crippen LogP contribution in [0, 0.1) is 13.8 Å². The van der Waals surface area contributed by atoms with Crippen molar-refractivity contribution < 1.29 is 0 Å². The number of fused-ring (bicyclic) bond motifs is 2. The number of hydrogen-bond acceptors (Lipinski definition) is 4. The molecule has 2 aromatic carbocycles. The van der Waals surface area contributed by atoms with Gasteiger partial charge in [0, 0.05) is 28.8 Å². The summed E-state index contributed by atoms with van der Waals surface area (Å²) in [6, 6.07) is 18.5. The first kappa shape index (κ1) is 19.2. The number of nitrogens with zero attached hydrogens (tertiary/aromatic N) is 3. The van der Waals surface area contributed by atoms with Crippen LogP contribution in [0.2, 0.25) is 0 Å². The highest BCUT2D eigenvalue weighted by Crippen LogP contribution is 2.28. The predicted octanol–water partition coefficient (Wildman–Crippen LogP) is 5.53. The largest absolute Gasteiger partial charge is 0.398 e. The molecule has 5 rings (SSSR count). The van der Waals surface area contributed by atoms with Crippen molar-refractivity contribution in [2.75, 3.05) is 5.73 Å². The molecule has 31 heavy (non-hydrogen) atoms. The number of rotatable bonds is 4. The van der Waals surface area contributed by atoms with Gasteiger partial charge in [0.1, 0.15) is 5.82 Å². The standard InChI is InChI=1S/C26H25N5/c1-4-24-30-25-15(2)20(16(3)28-26(25)31-24)14-17-9-11-22-18(13-17)10-12-23(29-22)19-7-5-6-8-21(19)27/h5-13H,4,14,27H2,1-3H3,(H,28,30,31). The van der Waals surface area contributed by atoms with Crippen molar-refractivity contribution in [1.82, 2.24) is 19.9 Å². The number of nitrogens with two attached hydrogens (primary N) is 1. The van der Waals surface area contributed by atoms with Gasteiger partial charge in [0.05, 0.1) is 16.7 Å². The van der Waals surface area contributed by atoms with Gasteiger partial charge in [-0.15, -0.1) is 0 Å². The van der Waals surface area contributed by atoms with Crippen LogP contribution in [0.1, 0.15) is 35.1 Å². The van der Waals surface area contributed by atoms with Crippen LogP contribution in [0.5, 0.6) is 0 Å². The molecule has 0 fully saturated rings. The summed E-state index contributed by atoms with van der Waals surface area (Å²) in [4.78, 5) is 17.6. The Morgan fingerprint density at radius 3 is 2.58 bits per heavy atom. The minimum atomic E-state index is 0.741. The smallest absolute Gasteiger partial charge is 0.178 e. The second kappa shape index (κ2) is 7.51. The molecule has 0 bridgehead atoms. The average Bonchev–Trinajstić information content (AvgIpc) is 3.20. The van der Waals surface area contributed by atoms with Crippen molar-refractivity contribution >= 4 is 27.8 Å². The number of anilines is 1. The Balaban J connectivity index is 1.51. The zero-order valence-electron chi connectivity index (χ0n) is 18.0. The maximum Gasteiger partial charge on any atom is 0.178 e. The van der Waals surface area contributed by atoms with E-state index >= 15 is 0 Å². The monoisotopic (exact) mass is 407 g/mol. The van der Waals surface area contributed by atoms with Gasteiger partial charge in [0.15, 0.2) is 5.65 Å². The summed E-state index contributed by atoms with van der Waals surface area (Å²) in [5.74, 6) is 0.980. The number of hydrogen-bond donors (Lipinski definition) is 2. The van der Waals surface area contributed by atoms with Crippen LogP contribution in [-0.4, -0.2) is 19.9 Å². The van der Waals surface area contributed by atoms with E-state index in [-0.39, 0.29) is 0 Å². The van der Waals surface area contributed by atoms with Gasteiger partial charge in [-0.1, -0.05) is 37.3 Å². The van der Waals surface area contributed by atoms with Crippen molar-refractivity contribution in [3.8, 4) is 11.3 Å². The number of nitrogen functional groups attached to an aromatic ring is 1. The number of aromatic amines is 1. The van der Waals surface area contributed by atoms with E-state index in [1.165, 1.54) is 16.7 Å². The molecule has 5 heteroatoms. The van der Waals surface area contributed by atoms with E-state index in [4.69, 9.17) is 15.7 Å². The van der Waals surface area contributed by atoms with Crippen LogP contribution in [-0.2, 0) is 12.8 Å². The molecule has 0 saturated heterocycles. The Morgan fingerprint density at radius 2 is 1.77 bits per heavy atom. The summed E-state index contributed by atoms with van der Waals surface area (Å²) in [7, 11) is 0. The number of aryl methyl sites for hydroxylation is 3. The average molecular weight is 408 g/mol. The van der Waals surface area contributed by atoms with Crippen molar-refractivity contribution in [2.45, 2.75) is 33.6 Å². The summed E-state index contributed by atoms with van der Waals surface area (Å²) >= 11 is 0. The number of aromatic nitrogens is 4. The minimum Gasteiger partial charge on any atom is -0.398 e. The second-order valence-corrected chi connectivity index (χ2v) is 8.02. The second-order valence-electron chi connectivity index (χ2n) is 8.02. The maximum atomic E-state index is 6.13. The summed E-state index contributed by atoms with van der Waals surface area (Å²) in [6.07, 6.45) is 1.70. The molecule has 0 spiro atoms. The highest BCUT2D eigenvalue weighted by atomic mass is 15.0. The molecule has 5 nitrogen and oxygen atoms in total. The lowest BCUT2D eigenvalue weighted by atomic mass is 9.97. The van der Waals surface area contributed by atoms with Crippen molar-refractivity contribution in [3.05, 3.63) is 82.8 Å². The van der Waals surface area contributed by atoms with Crippen LogP contribution in [0.4, 0.5) is 5.69 Å². The minimum absolute atomic E-state index is 0.741. The predicted molar refractivity (Wildman–Crippen MR) is 127 cm³/mol. The lowest BCUT2D eigenvalue weighted by Gasteiger charge is -2.11. The molecule has 3 aromatic heterocycles. The molecule has 0 aliphatic carbocycles. The summed E-state index contributed by atoms with van der Waals surface area (Å²) in [5, 5.41) is 1.12. The Kier molecular flexibility index (Phi) is 4.66. The molecule has 154 valence electrons. The first-order valence-electron chi connectivity index (χ1n) is 10.6. The van der Waals surface area contributed by atoms with Gasteiger partial charge in [0.2, 0.25) is 0 Å². The fourth-order valence-electron chi connectivity index (χ4n) is 4.20. The lowest BCUT2D eigenvalue weighted by Crippen LogP contribution is -2.00. The van der Waals surface area contributed by atoms with Crippen LogP contribution in [0.25, 0.3) is 33.3 Å². The van der Waals surface area contributed by atoms with Gasteiger partial charge < -0.3 is 10.7 Å². The third-order valence-electron chi connectivity index (χ3n) is 5.98. The third kappa shape index (κ3) is 3.42. The maximum absolute atomic E-state index is 6.13. The van der Waals surface area contributed by atoms with E-state index in [1.807, 2.05) is 30.3 Å². The van der Waals surface area contributed by atoms with Crippen molar-refractivity contribution in [2.24, 2.45) is 0 Å². The molecule has 0 atom stereocenters. The summed E-state index contributed by atoms with van der Waals surface area (Å²) in [5.41, 5.74) is 16.3. The van der Waals surface area contributed by atoms with Gasteiger partial charge in [-0.3, -0.25) is 0 Å². The molecule has 3 N–H and O–H groups in total. The number of pyridine rings is 2. The van der Waals surface area contributed by atoms with Gasteiger partial charge in [-0.05, 0) is 61.2 Å². The molecular formula is C26H25N5. The zero-order chi connectivity index (χ0) is 21.5. The number of H-pyrrole nitrogens is 1. The number of nitrogens with one attached hydrogen (secondary N) is 1. The number of benzene rings is 2. The summed E-state index contributed by atoms with van der Waals surface area (Å²) in [6.45, 7) is 6.33. The Hall–Kier alpha value is -3.73. The zero-order valence-corrected chi connectivity index (χ0v) is 18.0. The van der Waals surface area contributed by atoms with Crippen molar-refractivity contribution in [1.29, 1.82) is 0 Å². The van der Waals surface area contributed by atoms with Crippen LogP contribution < -0.4 is 5.73 Å². The number of para-hydroxylation sites is 1. The lowest BCUT2D eigenvalue weighted by molar-refractivity contribution is 0.996. The van der Waals surface area contributed by atoms with E-state index in [9.17, 15) is 0 Å². The first-order valence-corrected chi connectivity index (χ1v) is 10.6. The molecule has 0 aliphatic heterocycles. The van der Waals surface area contributed by atoms with E-state index in [2.05, 4.69) is 55.0 Å². The molecule has 3 heterocycles. The topological polar surface area (TPSA) is 80.5 Å². The highest BCUT2D eigenvalue weighted by molar-refractivity contribution is 5.84. The third-order valence-corrected chi connectivity index (χ3v) is 5.98. The fraction of sp³-hybridized carbons (Fsp3) is 0.192. The highest BCUT2D eigenvalue weighted by Gasteiger charge is 2.14. The van der Waals surface area contributed by atoms with Gasteiger partial charge >= 0.3 is 0 Å². The quantitative estimate of drug-likeness (QED) is 0.384. The van der Waals surface area contributed by atoms with E-state index in [1.54, 1.807) is 0 Å². The Bertz CT molecular complexity index is 1430. The molecule has 0 amide bonds. The Labute approximate surface area is 181 Å². The SMILES string of the molecule is CCc1nc2nc(C)c(Cc3ccc4nc(-c5ccccc5N)ccc4c3)c(C)c2[nH]1. The fourth-order valence-corrected chi connectivity index (χ4v) is 4.20. The van der Waals surface area contributed by atoms with Crippen LogP contribution >= 0.6 is 0 Å². The normalized spacial score (nSPS) is 11.5. The van der Waals surface area contributed by atoms with E-state index in [0.717, 1.165) is 63.4 Å². The first-order chi connectivity index (χ1) is 15.0. The van der Waals surface area contributed by atoms with Gasteiger partial charge in [0.25, 0.3) is 0 Å². The van der Waals surface area contributed by atoms with Gasteiger partial charge in [-0.25, -0.2) is 15.0 Å². The molecular weight excluding hydrogens is 382 g/mol. The summed E-state index contributed by atoms with van der Waals surface area (Å²) < 4.78 is 0. The molecule has 5 aromatic rings. The molecule has 0 saturated carbocycles. The molecule has 0 aliphatic rings. The Morgan fingerprint density at radius 1 is 0.935 bits per heavy atom. The van der Waals surface area contributed by atoms with Crippen molar-refractivity contribution in [3.63, 3.8) is 0 Å².